The second-order valence-electron chi connectivity index (χ2n) is 4.81. The van der Waals surface area contributed by atoms with Gasteiger partial charge in [-0.1, -0.05) is 0 Å². The fraction of sp³-hybridized carbons (Fsp3) is 0.250. The van der Waals surface area contributed by atoms with Crippen LogP contribution >= 0.6 is 0 Å². The molecule has 3 rings (SSSR count). The molecule has 1 aliphatic carbocycles. The first-order valence-electron chi connectivity index (χ1n) is 6.15. The molecule has 0 radical (unpaired) electrons. The zero-order valence-corrected chi connectivity index (χ0v) is 11.3. The SMILES string of the molecule is Nc1ccc2c(S(=O)(=O)NC(=O)NC3CC3)c[nH]c2c1. The lowest BCUT2D eigenvalue weighted by molar-refractivity contribution is 0.245. The monoisotopic (exact) mass is 294 g/mol. The summed E-state index contributed by atoms with van der Waals surface area (Å²) in [5, 5.41) is 3.06. The van der Waals surface area contributed by atoms with Gasteiger partial charge in [0.2, 0.25) is 0 Å². The van der Waals surface area contributed by atoms with E-state index in [2.05, 4.69) is 10.3 Å². The normalized spacial score (nSPS) is 15.2. The summed E-state index contributed by atoms with van der Waals surface area (Å²) in [5.74, 6) is 0. The molecule has 1 aromatic heterocycles. The molecule has 0 bridgehead atoms. The van der Waals surface area contributed by atoms with Crippen LogP contribution in [0.5, 0.6) is 0 Å². The van der Waals surface area contributed by atoms with Gasteiger partial charge in [-0.25, -0.2) is 17.9 Å². The molecule has 0 spiro atoms. The molecule has 0 aliphatic heterocycles. The summed E-state index contributed by atoms with van der Waals surface area (Å²) in [5.41, 5.74) is 6.77. The highest BCUT2D eigenvalue weighted by atomic mass is 32.2. The van der Waals surface area contributed by atoms with Crippen LogP contribution in [0.3, 0.4) is 0 Å². The van der Waals surface area contributed by atoms with Gasteiger partial charge in [-0.15, -0.1) is 0 Å². The van der Waals surface area contributed by atoms with Crippen molar-refractivity contribution in [2.24, 2.45) is 0 Å². The summed E-state index contributed by atoms with van der Waals surface area (Å²) in [6.07, 6.45) is 3.12. The maximum atomic E-state index is 12.2. The van der Waals surface area contributed by atoms with Crippen LogP contribution in [-0.2, 0) is 10.0 Å². The van der Waals surface area contributed by atoms with E-state index in [1.165, 1.54) is 6.20 Å². The predicted molar refractivity (Wildman–Crippen MR) is 74.6 cm³/mol. The van der Waals surface area contributed by atoms with Gasteiger partial charge in [-0.05, 0) is 31.0 Å². The third-order valence-electron chi connectivity index (χ3n) is 3.10. The largest absolute Gasteiger partial charge is 0.399 e. The number of rotatable bonds is 3. The van der Waals surface area contributed by atoms with Gasteiger partial charge in [-0.2, -0.15) is 0 Å². The minimum atomic E-state index is -3.91. The second-order valence-corrected chi connectivity index (χ2v) is 6.46. The van der Waals surface area contributed by atoms with E-state index >= 15 is 0 Å². The standard InChI is InChI=1S/C12H14N4O3S/c13-7-1-4-9-10(5-7)14-6-11(9)20(18,19)16-12(17)15-8-2-3-8/h1,4-6,8,14H,2-3,13H2,(H2,15,16,17). The Morgan fingerprint density at radius 1 is 1.35 bits per heavy atom. The number of hydrogen-bond acceptors (Lipinski definition) is 4. The number of urea groups is 1. The number of H-pyrrole nitrogens is 1. The fourth-order valence-corrected chi connectivity index (χ4v) is 3.05. The lowest BCUT2D eigenvalue weighted by Gasteiger charge is -2.07. The first kappa shape index (κ1) is 12.8. The van der Waals surface area contributed by atoms with Crippen LogP contribution in [0, 0.1) is 0 Å². The van der Waals surface area contributed by atoms with Crippen LogP contribution in [0.2, 0.25) is 0 Å². The zero-order chi connectivity index (χ0) is 14.3. The Morgan fingerprint density at radius 2 is 2.10 bits per heavy atom. The molecule has 1 heterocycles. The minimum absolute atomic E-state index is 0.0263. The predicted octanol–water partition coefficient (Wildman–Crippen LogP) is 0.900. The van der Waals surface area contributed by atoms with Crippen molar-refractivity contribution >= 4 is 32.6 Å². The molecular formula is C12H14N4O3S. The Hall–Kier alpha value is -2.22. The molecule has 1 fully saturated rings. The Bertz CT molecular complexity index is 777. The van der Waals surface area contributed by atoms with E-state index in [-0.39, 0.29) is 10.9 Å². The minimum Gasteiger partial charge on any atom is -0.399 e. The van der Waals surface area contributed by atoms with Crippen molar-refractivity contribution in [2.75, 3.05) is 5.73 Å². The van der Waals surface area contributed by atoms with E-state index in [1.807, 2.05) is 4.72 Å². The average Bonchev–Trinajstić information content (AvgIpc) is 3.05. The third-order valence-corrected chi connectivity index (χ3v) is 4.47. The van der Waals surface area contributed by atoms with Crippen molar-refractivity contribution in [3.05, 3.63) is 24.4 Å². The van der Waals surface area contributed by atoms with Crippen LogP contribution < -0.4 is 15.8 Å². The number of aromatic nitrogens is 1. The Morgan fingerprint density at radius 3 is 2.80 bits per heavy atom. The van der Waals surface area contributed by atoms with Crippen LogP contribution in [0.15, 0.2) is 29.3 Å². The van der Waals surface area contributed by atoms with Crippen LogP contribution in [0.1, 0.15) is 12.8 Å². The summed E-state index contributed by atoms with van der Waals surface area (Å²) in [6, 6.07) is 4.25. The number of benzene rings is 1. The third kappa shape index (κ3) is 2.42. The van der Waals surface area contributed by atoms with E-state index in [1.54, 1.807) is 18.2 Å². The summed E-state index contributed by atoms with van der Waals surface area (Å²) in [7, 11) is -3.91. The molecular weight excluding hydrogens is 280 g/mol. The highest BCUT2D eigenvalue weighted by molar-refractivity contribution is 7.90. The first-order chi connectivity index (χ1) is 9.45. The molecule has 5 N–H and O–H groups in total. The number of nitrogens with one attached hydrogen (secondary N) is 3. The Balaban J connectivity index is 1.90. The smallest absolute Gasteiger partial charge is 0.328 e. The molecule has 20 heavy (non-hydrogen) atoms. The number of fused-ring (bicyclic) bond motifs is 1. The molecule has 106 valence electrons. The summed E-state index contributed by atoms with van der Waals surface area (Å²) >= 11 is 0. The molecule has 8 heteroatoms. The van der Waals surface area contributed by atoms with E-state index in [0.717, 1.165) is 12.8 Å². The molecule has 1 aliphatic rings. The topological polar surface area (TPSA) is 117 Å². The number of anilines is 1. The number of nitrogen functional groups attached to an aromatic ring is 1. The molecule has 2 amide bonds. The summed E-state index contributed by atoms with van der Waals surface area (Å²) in [4.78, 5) is 14.4. The van der Waals surface area contributed by atoms with Gasteiger partial charge in [0.05, 0.1) is 0 Å². The van der Waals surface area contributed by atoms with Crippen molar-refractivity contribution in [3.8, 4) is 0 Å². The van der Waals surface area contributed by atoms with E-state index in [0.29, 0.717) is 16.6 Å². The molecule has 0 unspecified atom stereocenters. The maximum absolute atomic E-state index is 12.2. The van der Waals surface area contributed by atoms with Crippen LogP contribution in [-0.4, -0.2) is 25.5 Å². The highest BCUT2D eigenvalue weighted by Crippen LogP contribution is 2.24. The number of carbonyl (C=O) groups is 1. The first-order valence-corrected chi connectivity index (χ1v) is 7.64. The molecule has 7 nitrogen and oxygen atoms in total. The highest BCUT2D eigenvalue weighted by Gasteiger charge is 2.27. The van der Waals surface area contributed by atoms with Crippen molar-refractivity contribution in [3.63, 3.8) is 0 Å². The van der Waals surface area contributed by atoms with Crippen molar-refractivity contribution in [1.82, 2.24) is 15.0 Å². The lowest BCUT2D eigenvalue weighted by atomic mass is 10.2. The fourth-order valence-electron chi connectivity index (χ4n) is 1.96. The molecule has 0 atom stereocenters. The number of nitrogens with two attached hydrogens (primary N) is 1. The second kappa shape index (κ2) is 4.41. The molecule has 1 aromatic carbocycles. The molecule has 2 aromatic rings. The summed E-state index contributed by atoms with van der Waals surface area (Å²) < 4.78 is 26.4. The van der Waals surface area contributed by atoms with Gasteiger partial charge in [0.25, 0.3) is 10.0 Å². The Kier molecular flexibility index (Phi) is 2.82. The van der Waals surface area contributed by atoms with E-state index in [4.69, 9.17) is 5.73 Å². The number of aromatic amines is 1. The lowest BCUT2D eigenvalue weighted by Crippen LogP contribution is -2.40. The van der Waals surface area contributed by atoms with Crippen LogP contribution in [0.25, 0.3) is 10.9 Å². The van der Waals surface area contributed by atoms with Gasteiger partial charge in [-0.3, -0.25) is 0 Å². The van der Waals surface area contributed by atoms with E-state index in [9.17, 15) is 13.2 Å². The van der Waals surface area contributed by atoms with E-state index < -0.39 is 16.1 Å². The summed E-state index contributed by atoms with van der Waals surface area (Å²) in [6.45, 7) is 0. The number of amides is 2. The molecule has 0 saturated heterocycles. The van der Waals surface area contributed by atoms with Crippen molar-refractivity contribution < 1.29 is 13.2 Å². The Labute approximate surface area is 115 Å². The zero-order valence-electron chi connectivity index (χ0n) is 10.5. The van der Waals surface area contributed by atoms with Gasteiger partial charge >= 0.3 is 6.03 Å². The van der Waals surface area contributed by atoms with Gasteiger partial charge in [0.1, 0.15) is 4.90 Å². The average molecular weight is 294 g/mol. The van der Waals surface area contributed by atoms with Gasteiger partial charge in [0.15, 0.2) is 0 Å². The maximum Gasteiger partial charge on any atom is 0.328 e. The number of sulfonamides is 1. The number of carbonyl (C=O) groups excluding carboxylic acids is 1. The molecule has 1 saturated carbocycles. The van der Waals surface area contributed by atoms with Crippen molar-refractivity contribution in [2.45, 2.75) is 23.8 Å². The van der Waals surface area contributed by atoms with Crippen LogP contribution in [0.4, 0.5) is 10.5 Å². The van der Waals surface area contributed by atoms with Crippen molar-refractivity contribution in [1.29, 1.82) is 0 Å². The van der Waals surface area contributed by atoms with Gasteiger partial charge in [0, 0.05) is 28.8 Å². The number of hydrogen-bond donors (Lipinski definition) is 4. The van der Waals surface area contributed by atoms with Gasteiger partial charge < -0.3 is 16.0 Å². The quantitative estimate of drug-likeness (QED) is 0.629.